The van der Waals surface area contributed by atoms with Gasteiger partial charge in [-0.1, -0.05) is 13.8 Å². The smallest absolute Gasteiger partial charge is 0.355 e. The highest BCUT2D eigenvalue weighted by Crippen LogP contribution is 2.22. The Morgan fingerprint density at radius 1 is 1.08 bits per heavy atom. The van der Waals surface area contributed by atoms with Crippen molar-refractivity contribution in [3.63, 3.8) is 0 Å². The van der Waals surface area contributed by atoms with Crippen molar-refractivity contribution < 1.29 is 23.9 Å². The van der Waals surface area contributed by atoms with E-state index in [2.05, 4.69) is 18.8 Å². The molecular weight excluding hydrogens is 336 g/mol. The summed E-state index contributed by atoms with van der Waals surface area (Å²) < 4.78 is 10.2. The standard InChI is InChI=1S/C19H28N2O5/c1-6-25-19(24)17-13(4)16(14(5)20-17)18(23)26-10-15(22)21-8-11(2)7-12(3)9-21/h11-12,20H,6-10H2,1-5H3/t11-,12+. The molecule has 1 aliphatic heterocycles. The first-order valence-electron chi connectivity index (χ1n) is 9.05. The normalized spacial score (nSPS) is 20.0. The molecule has 1 fully saturated rings. The molecule has 1 aromatic rings. The van der Waals surface area contributed by atoms with Gasteiger partial charge < -0.3 is 19.4 Å². The van der Waals surface area contributed by atoms with Gasteiger partial charge in [0.25, 0.3) is 5.91 Å². The quantitative estimate of drug-likeness (QED) is 0.811. The zero-order chi connectivity index (χ0) is 19.4. The third-order valence-corrected chi connectivity index (χ3v) is 4.67. The minimum absolute atomic E-state index is 0.187. The molecule has 0 saturated carbocycles. The van der Waals surface area contributed by atoms with Crippen LogP contribution in [-0.4, -0.2) is 54.0 Å². The lowest BCUT2D eigenvalue weighted by atomic mass is 9.92. The van der Waals surface area contributed by atoms with Crippen LogP contribution in [0.25, 0.3) is 0 Å². The molecule has 26 heavy (non-hydrogen) atoms. The van der Waals surface area contributed by atoms with Crippen LogP contribution in [0.1, 0.15) is 59.3 Å². The predicted octanol–water partition coefficient (Wildman–Crippen LogP) is 2.47. The van der Waals surface area contributed by atoms with Crippen molar-refractivity contribution in [2.24, 2.45) is 11.8 Å². The molecule has 0 aliphatic carbocycles. The zero-order valence-corrected chi connectivity index (χ0v) is 16.2. The van der Waals surface area contributed by atoms with Crippen LogP contribution in [0.3, 0.4) is 0 Å². The number of aromatic nitrogens is 1. The highest BCUT2D eigenvalue weighted by Gasteiger charge is 2.28. The number of carbonyl (C=O) groups excluding carboxylic acids is 3. The molecule has 2 rings (SSSR count). The summed E-state index contributed by atoms with van der Waals surface area (Å²) in [6.45, 7) is 10.6. The molecule has 1 amide bonds. The molecule has 7 nitrogen and oxygen atoms in total. The molecule has 0 unspecified atom stereocenters. The van der Waals surface area contributed by atoms with E-state index in [0.717, 1.165) is 6.42 Å². The Morgan fingerprint density at radius 3 is 2.27 bits per heavy atom. The Morgan fingerprint density at radius 2 is 1.69 bits per heavy atom. The van der Waals surface area contributed by atoms with Gasteiger partial charge in [0.2, 0.25) is 0 Å². The molecule has 0 spiro atoms. The van der Waals surface area contributed by atoms with Gasteiger partial charge >= 0.3 is 11.9 Å². The van der Waals surface area contributed by atoms with Gasteiger partial charge in [0.05, 0.1) is 12.2 Å². The number of aromatic amines is 1. The van der Waals surface area contributed by atoms with E-state index in [1.807, 2.05) is 0 Å². The highest BCUT2D eigenvalue weighted by atomic mass is 16.5. The van der Waals surface area contributed by atoms with Crippen molar-refractivity contribution in [3.8, 4) is 0 Å². The van der Waals surface area contributed by atoms with Crippen LogP contribution in [-0.2, 0) is 14.3 Å². The van der Waals surface area contributed by atoms with Crippen LogP contribution in [0.15, 0.2) is 0 Å². The Labute approximate surface area is 154 Å². The molecule has 1 saturated heterocycles. The van der Waals surface area contributed by atoms with Crippen LogP contribution in [0.5, 0.6) is 0 Å². The SMILES string of the molecule is CCOC(=O)c1[nH]c(C)c(C(=O)OCC(=O)N2C[C@H](C)C[C@H](C)C2)c1C. The lowest BCUT2D eigenvalue weighted by molar-refractivity contribution is -0.137. The van der Waals surface area contributed by atoms with Crippen molar-refractivity contribution in [3.05, 3.63) is 22.5 Å². The predicted molar refractivity (Wildman–Crippen MR) is 96.0 cm³/mol. The maximum Gasteiger partial charge on any atom is 0.355 e. The van der Waals surface area contributed by atoms with Gasteiger partial charge in [0, 0.05) is 18.8 Å². The summed E-state index contributed by atoms with van der Waals surface area (Å²) in [5, 5.41) is 0. The lowest BCUT2D eigenvalue weighted by Gasteiger charge is -2.34. The van der Waals surface area contributed by atoms with E-state index >= 15 is 0 Å². The summed E-state index contributed by atoms with van der Waals surface area (Å²) in [7, 11) is 0. The number of likely N-dealkylation sites (tertiary alicyclic amines) is 1. The Bertz CT molecular complexity index is 684. The van der Waals surface area contributed by atoms with Gasteiger partial charge in [-0.15, -0.1) is 0 Å². The van der Waals surface area contributed by atoms with Gasteiger partial charge in [0.1, 0.15) is 5.69 Å². The van der Waals surface area contributed by atoms with Gasteiger partial charge in [0.15, 0.2) is 6.61 Å². The van der Waals surface area contributed by atoms with Crippen LogP contribution in [0.4, 0.5) is 0 Å². The number of H-pyrrole nitrogens is 1. The number of hydrogen-bond acceptors (Lipinski definition) is 5. The Kier molecular flexibility index (Phi) is 6.45. The number of carbonyl (C=O) groups is 3. The average Bonchev–Trinajstić information content (AvgIpc) is 2.86. The molecule has 7 heteroatoms. The first kappa shape index (κ1) is 20.0. The number of nitrogens with one attached hydrogen (secondary N) is 1. The number of hydrogen-bond donors (Lipinski definition) is 1. The molecular formula is C19H28N2O5. The largest absolute Gasteiger partial charge is 0.461 e. The summed E-state index contributed by atoms with van der Waals surface area (Å²) in [5.41, 5.74) is 1.50. The number of piperidine rings is 1. The molecule has 0 radical (unpaired) electrons. The summed E-state index contributed by atoms with van der Waals surface area (Å²) in [6, 6.07) is 0. The summed E-state index contributed by atoms with van der Waals surface area (Å²) in [5.74, 6) is -0.426. The van der Waals surface area contributed by atoms with Crippen LogP contribution in [0, 0.1) is 25.7 Å². The van der Waals surface area contributed by atoms with Gasteiger partial charge in [-0.05, 0) is 44.6 Å². The topological polar surface area (TPSA) is 88.7 Å². The number of aryl methyl sites for hydroxylation is 1. The lowest BCUT2D eigenvalue weighted by Crippen LogP contribution is -2.44. The fourth-order valence-electron chi connectivity index (χ4n) is 3.62. The van der Waals surface area contributed by atoms with Gasteiger partial charge in [-0.2, -0.15) is 0 Å². The highest BCUT2D eigenvalue weighted by molar-refractivity contribution is 5.99. The molecule has 0 bridgehead atoms. The van der Waals surface area contributed by atoms with E-state index in [-0.39, 0.29) is 30.4 Å². The summed E-state index contributed by atoms with van der Waals surface area (Å²) in [6.07, 6.45) is 1.10. The van der Waals surface area contributed by atoms with Crippen molar-refractivity contribution in [1.29, 1.82) is 0 Å². The van der Waals surface area contributed by atoms with E-state index in [1.54, 1.807) is 25.7 Å². The number of nitrogens with zero attached hydrogens (tertiary/aromatic N) is 1. The molecule has 1 aliphatic rings. The van der Waals surface area contributed by atoms with E-state index in [9.17, 15) is 14.4 Å². The minimum atomic E-state index is -0.613. The summed E-state index contributed by atoms with van der Waals surface area (Å²) in [4.78, 5) is 41.3. The molecule has 1 aromatic heterocycles. The van der Waals surface area contributed by atoms with Crippen molar-refractivity contribution in [2.75, 3.05) is 26.3 Å². The molecule has 144 valence electrons. The van der Waals surface area contributed by atoms with E-state index in [0.29, 0.717) is 36.2 Å². The average molecular weight is 364 g/mol. The number of ether oxygens (including phenoxy) is 2. The number of amides is 1. The third-order valence-electron chi connectivity index (χ3n) is 4.67. The number of esters is 2. The Hall–Kier alpha value is -2.31. The molecule has 2 atom stereocenters. The molecule has 0 aromatic carbocycles. The zero-order valence-electron chi connectivity index (χ0n) is 16.2. The van der Waals surface area contributed by atoms with Crippen molar-refractivity contribution in [1.82, 2.24) is 9.88 Å². The second-order valence-electron chi connectivity index (χ2n) is 7.17. The second kappa shape index (κ2) is 8.38. The third kappa shape index (κ3) is 4.45. The monoisotopic (exact) mass is 364 g/mol. The maximum atomic E-state index is 12.4. The fraction of sp³-hybridized carbons (Fsp3) is 0.632. The first-order chi connectivity index (χ1) is 12.2. The van der Waals surface area contributed by atoms with E-state index < -0.39 is 11.9 Å². The fourth-order valence-corrected chi connectivity index (χ4v) is 3.62. The van der Waals surface area contributed by atoms with Crippen molar-refractivity contribution in [2.45, 2.75) is 41.0 Å². The minimum Gasteiger partial charge on any atom is -0.461 e. The first-order valence-corrected chi connectivity index (χ1v) is 9.05. The van der Waals surface area contributed by atoms with Crippen LogP contribution in [0.2, 0.25) is 0 Å². The van der Waals surface area contributed by atoms with Crippen molar-refractivity contribution >= 4 is 17.8 Å². The second-order valence-corrected chi connectivity index (χ2v) is 7.17. The molecule has 2 heterocycles. The van der Waals surface area contributed by atoms with Crippen LogP contribution < -0.4 is 0 Å². The van der Waals surface area contributed by atoms with E-state index in [4.69, 9.17) is 9.47 Å². The van der Waals surface area contributed by atoms with Gasteiger partial charge in [-0.25, -0.2) is 9.59 Å². The number of rotatable bonds is 5. The summed E-state index contributed by atoms with van der Waals surface area (Å²) >= 11 is 0. The Balaban J connectivity index is 2.02. The van der Waals surface area contributed by atoms with Crippen LogP contribution >= 0.6 is 0 Å². The van der Waals surface area contributed by atoms with E-state index in [1.165, 1.54) is 0 Å². The van der Waals surface area contributed by atoms with Gasteiger partial charge in [-0.3, -0.25) is 4.79 Å². The maximum absolute atomic E-state index is 12.4. The molecule has 1 N–H and O–H groups in total.